The molecule has 14 heavy (non-hydrogen) atoms. The lowest BCUT2D eigenvalue weighted by Crippen LogP contribution is -2.51. The molecule has 0 saturated carbocycles. The van der Waals surface area contributed by atoms with Crippen LogP contribution >= 0.6 is 0 Å². The minimum atomic E-state index is -0.693. The molecule has 1 aliphatic heterocycles. The van der Waals surface area contributed by atoms with Crippen molar-refractivity contribution in [3.63, 3.8) is 0 Å². The van der Waals surface area contributed by atoms with E-state index in [2.05, 4.69) is 4.90 Å². The molecular formula is C9H17NO4. The zero-order valence-corrected chi connectivity index (χ0v) is 8.44. The standard InChI is InChI=1S/C9H17NO4/c1-13-4-5-14-3-2-10-6-8(7-10)9(11)12/h8H,2-7H2,1H3,(H,11,12). The number of rotatable bonds is 7. The van der Waals surface area contributed by atoms with Crippen LogP contribution in [0.1, 0.15) is 0 Å². The van der Waals surface area contributed by atoms with E-state index in [0.717, 1.165) is 6.54 Å². The number of hydrogen-bond acceptors (Lipinski definition) is 4. The largest absolute Gasteiger partial charge is 0.481 e. The van der Waals surface area contributed by atoms with Gasteiger partial charge in [-0.3, -0.25) is 9.69 Å². The Morgan fingerprint density at radius 1 is 1.43 bits per heavy atom. The molecule has 1 N–H and O–H groups in total. The lowest BCUT2D eigenvalue weighted by atomic mass is 10.0. The monoisotopic (exact) mass is 203 g/mol. The second-order valence-electron chi connectivity index (χ2n) is 3.40. The Morgan fingerprint density at radius 3 is 2.71 bits per heavy atom. The van der Waals surface area contributed by atoms with Crippen LogP contribution in [0.5, 0.6) is 0 Å². The van der Waals surface area contributed by atoms with Gasteiger partial charge in [-0.2, -0.15) is 0 Å². The highest BCUT2D eigenvalue weighted by molar-refractivity contribution is 5.71. The van der Waals surface area contributed by atoms with Crippen LogP contribution in [0.3, 0.4) is 0 Å². The fourth-order valence-corrected chi connectivity index (χ4v) is 1.35. The van der Waals surface area contributed by atoms with Crippen LogP contribution in [0.25, 0.3) is 0 Å². The van der Waals surface area contributed by atoms with Gasteiger partial charge in [-0.05, 0) is 0 Å². The van der Waals surface area contributed by atoms with Crippen LogP contribution in [0, 0.1) is 5.92 Å². The van der Waals surface area contributed by atoms with Crippen LogP contribution < -0.4 is 0 Å². The number of carbonyl (C=O) groups is 1. The average molecular weight is 203 g/mol. The van der Waals surface area contributed by atoms with Gasteiger partial charge < -0.3 is 14.6 Å². The molecule has 0 aromatic rings. The summed E-state index contributed by atoms with van der Waals surface area (Å²) in [5.74, 6) is -0.865. The van der Waals surface area contributed by atoms with Gasteiger partial charge in [0.2, 0.25) is 0 Å². The fraction of sp³-hybridized carbons (Fsp3) is 0.889. The predicted molar refractivity (Wildman–Crippen MR) is 50.3 cm³/mol. The first kappa shape index (κ1) is 11.4. The highest BCUT2D eigenvalue weighted by atomic mass is 16.5. The van der Waals surface area contributed by atoms with Gasteiger partial charge in [0, 0.05) is 26.7 Å². The Labute approximate surface area is 83.6 Å². The normalized spacial score (nSPS) is 18.1. The quantitative estimate of drug-likeness (QED) is 0.574. The molecule has 0 aromatic heterocycles. The second-order valence-corrected chi connectivity index (χ2v) is 3.40. The van der Waals surface area contributed by atoms with E-state index in [0.29, 0.717) is 32.9 Å². The van der Waals surface area contributed by atoms with Gasteiger partial charge in [0.05, 0.1) is 25.7 Å². The molecule has 0 radical (unpaired) electrons. The summed E-state index contributed by atoms with van der Waals surface area (Å²) in [6.07, 6.45) is 0. The van der Waals surface area contributed by atoms with Gasteiger partial charge in [0.25, 0.3) is 0 Å². The Kier molecular flexibility index (Phi) is 4.86. The third-order valence-electron chi connectivity index (χ3n) is 2.29. The van der Waals surface area contributed by atoms with E-state index in [1.54, 1.807) is 7.11 Å². The zero-order chi connectivity index (χ0) is 10.4. The Balaban J connectivity index is 1.88. The van der Waals surface area contributed by atoms with Gasteiger partial charge in [-0.15, -0.1) is 0 Å². The summed E-state index contributed by atoms with van der Waals surface area (Å²) < 4.78 is 10.1. The molecule has 0 bridgehead atoms. The Hall–Kier alpha value is -0.650. The first-order chi connectivity index (χ1) is 6.74. The van der Waals surface area contributed by atoms with Crippen LogP contribution in [-0.2, 0) is 14.3 Å². The Bertz CT molecular complexity index is 180. The number of carboxylic acids is 1. The molecule has 1 heterocycles. The summed E-state index contributed by atoms with van der Waals surface area (Å²) in [6, 6.07) is 0. The first-order valence-corrected chi connectivity index (χ1v) is 4.76. The van der Waals surface area contributed by atoms with Crippen molar-refractivity contribution in [3.8, 4) is 0 Å². The molecule has 0 amide bonds. The van der Waals surface area contributed by atoms with Crippen molar-refractivity contribution in [3.05, 3.63) is 0 Å². The van der Waals surface area contributed by atoms with Gasteiger partial charge >= 0.3 is 5.97 Å². The maximum absolute atomic E-state index is 10.5. The third-order valence-corrected chi connectivity index (χ3v) is 2.29. The maximum atomic E-state index is 10.5. The molecule has 0 spiro atoms. The molecule has 1 saturated heterocycles. The van der Waals surface area contributed by atoms with Crippen LogP contribution in [0.4, 0.5) is 0 Å². The molecule has 0 aliphatic carbocycles. The van der Waals surface area contributed by atoms with Crippen LogP contribution in [-0.4, -0.2) is 62.5 Å². The number of likely N-dealkylation sites (tertiary alicyclic amines) is 1. The van der Waals surface area contributed by atoms with Crippen molar-refractivity contribution in [1.29, 1.82) is 0 Å². The van der Waals surface area contributed by atoms with E-state index >= 15 is 0 Å². The van der Waals surface area contributed by atoms with E-state index in [1.807, 2.05) is 0 Å². The average Bonchev–Trinajstić information content (AvgIpc) is 2.06. The molecule has 0 aromatic carbocycles. The zero-order valence-electron chi connectivity index (χ0n) is 8.44. The van der Waals surface area contributed by atoms with Crippen LogP contribution in [0.2, 0.25) is 0 Å². The number of ether oxygens (including phenoxy) is 2. The number of aliphatic carboxylic acids is 1. The number of methoxy groups -OCH3 is 1. The van der Waals surface area contributed by atoms with Crippen molar-refractivity contribution in [1.82, 2.24) is 4.90 Å². The van der Waals surface area contributed by atoms with Crippen molar-refractivity contribution in [2.45, 2.75) is 0 Å². The van der Waals surface area contributed by atoms with E-state index in [9.17, 15) is 4.79 Å². The minimum Gasteiger partial charge on any atom is -0.481 e. The molecule has 0 unspecified atom stereocenters. The van der Waals surface area contributed by atoms with Crippen molar-refractivity contribution >= 4 is 5.97 Å². The highest BCUT2D eigenvalue weighted by Gasteiger charge is 2.31. The molecule has 5 nitrogen and oxygen atoms in total. The smallest absolute Gasteiger partial charge is 0.309 e. The maximum Gasteiger partial charge on any atom is 0.309 e. The molecule has 1 aliphatic rings. The summed E-state index contributed by atoms with van der Waals surface area (Å²) >= 11 is 0. The molecule has 5 heteroatoms. The molecular weight excluding hydrogens is 186 g/mol. The minimum absolute atomic E-state index is 0.172. The van der Waals surface area contributed by atoms with Gasteiger partial charge in [0.15, 0.2) is 0 Å². The van der Waals surface area contributed by atoms with E-state index in [-0.39, 0.29) is 5.92 Å². The van der Waals surface area contributed by atoms with Gasteiger partial charge in [-0.25, -0.2) is 0 Å². The first-order valence-electron chi connectivity index (χ1n) is 4.76. The predicted octanol–water partition coefficient (Wildman–Crippen LogP) is -0.334. The molecule has 1 fully saturated rings. The van der Waals surface area contributed by atoms with Gasteiger partial charge in [-0.1, -0.05) is 0 Å². The van der Waals surface area contributed by atoms with Crippen molar-refractivity contribution in [2.24, 2.45) is 5.92 Å². The van der Waals surface area contributed by atoms with Crippen molar-refractivity contribution in [2.75, 3.05) is 46.6 Å². The SMILES string of the molecule is COCCOCCN1CC(C(=O)O)C1. The van der Waals surface area contributed by atoms with E-state index in [4.69, 9.17) is 14.6 Å². The van der Waals surface area contributed by atoms with Gasteiger partial charge in [0.1, 0.15) is 0 Å². The summed E-state index contributed by atoms with van der Waals surface area (Å²) in [5, 5.41) is 8.62. The molecule has 0 atom stereocenters. The van der Waals surface area contributed by atoms with Crippen LogP contribution in [0.15, 0.2) is 0 Å². The third kappa shape index (κ3) is 3.61. The fourth-order valence-electron chi connectivity index (χ4n) is 1.35. The second kappa shape index (κ2) is 5.95. The topological polar surface area (TPSA) is 59.0 Å². The summed E-state index contributed by atoms with van der Waals surface area (Å²) in [5.41, 5.74) is 0. The lowest BCUT2D eigenvalue weighted by molar-refractivity contribution is -0.147. The Morgan fingerprint density at radius 2 is 2.14 bits per heavy atom. The number of nitrogens with zero attached hydrogens (tertiary/aromatic N) is 1. The molecule has 82 valence electrons. The summed E-state index contributed by atoms with van der Waals surface area (Å²) in [4.78, 5) is 12.5. The number of hydrogen-bond donors (Lipinski definition) is 1. The lowest BCUT2D eigenvalue weighted by Gasteiger charge is -2.36. The van der Waals surface area contributed by atoms with Crippen molar-refractivity contribution < 1.29 is 19.4 Å². The summed E-state index contributed by atoms with van der Waals surface area (Å²) in [7, 11) is 1.64. The number of carboxylic acid groups (broad SMARTS) is 1. The highest BCUT2D eigenvalue weighted by Crippen LogP contribution is 2.14. The summed E-state index contributed by atoms with van der Waals surface area (Å²) in [6.45, 7) is 3.99. The molecule has 1 rings (SSSR count). The van der Waals surface area contributed by atoms with E-state index < -0.39 is 5.97 Å². The van der Waals surface area contributed by atoms with E-state index in [1.165, 1.54) is 0 Å².